The smallest absolute Gasteiger partial charge is 0.358 e. The number of rotatable bonds is 1. The Morgan fingerprint density at radius 2 is 1.91 bits per heavy atom. The van der Waals surface area contributed by atoms with E-state index in [-0.39, 0.29) is 61.2 Å². The van der Waals surface area contributed by atoms with Crippen molar-refractivity contribution in [2.75, 3.05) is 0 Å². The summed E-state index contributed by atoms with van der Waals surface area (Å²) >= 11 is 0. The van der Waals surface area contributed by atoms with Crippen molar-refractivity contribution in [3.05, 3.63) is 67.8 Å². The van der Waals surface area contributed by atoms with Crippen molar-refractivity contribution in [2.45, 2.75) is 19.8 Å². The van der Waals surface area contributed by atoms with Crippen LogP contribution in [0.15, 0.2) is 48.8 Å². The second-order valence-electron chi connectivity index (χ2n) is 5.51. The molecule has 1 radical (unpaired) electrons. The molecule has 0 spiro atoms. The van der Waals surface area contributed by atoms with Crippen LogP contribution in [0.2, 0.25) is 0 Å². The molecule has 2 nitrogen and oxygen atoms in total. The third-order valence-corrected chi connectivity index (χ3v) is 3.96. The molecule has 0 saturated heterocycles. The molecule has 0 aliphatic carbocycles. The number of aromatic nitrogens is 2. The fourth-order valence-electron chi connectivity index (χ4n) is 2.87. The molecule has 2 aromatic carbocycles. The topological polar surface area (TPSA) is 17.3 Å². The second-order valence-corrected chi connectivity index (χ2v) is 5.51. The fourth-order valence-corrected chi connectivity index (χ4v) is 2.87. The van der Waals surface area contributed by atoms with Gasteiger partial charge < -0.3 is 11.8 Å². The first-order valence-corrected chi connectivity index (χ1v) is 6.95. The zero-order valence-corrected chi connectivity index (χ0v) is 18.6. The van der Waals surface area contributed by atoms with Crippen LogP contribution in [-0.2, 0) is 53.8 Å². The van der Waals surface area contributed by atoms with Gasteiger partial charge in [-0.1, -0.05) is 31.4 Å². The van der Waals surface area contributed by atoms with Gasteiger partial charge in [0, 0.05) is 50.6 Å². The molecule has 2 heterocycles. The monoisotopic (exact) mass is 558 g/mol. The van der Waals surface area contributed by atoms with Gasteiger partial charge in [-0.15, -0.1) is 29.7 Å². The molecule has 4 rings (SSSR count). The average molecular weight is 558 g/mol. The molecule has 0 unspecified atom stereocenters. The van der Waals surface area contributed by atoms with Gasteiger partial charge in [0.2, 0.25) is 0 Å². The maximum atomic E-state index is 4.49. The van der Waals surface area contributed by atoms with E-state index in [4.69, 9.17) is 0 Å². The number of hydrogen-bond donors (Lipinski definition) is 0. The van der Waals surface area contributed by atoms with Gasteiger partial charge in [-0.2, -0.15) is 0 Å². The fraction of sp³-hybridized carbons (Fsp3) is 0.158. The van der Waals surface area contributed by atoms with Crippen molar-refractivity contribution in [3.8, 4) is 0 Å². The van der Waals surface area contributed by atoms with E-state index in [2.05, 4.69) is 53.6 Å². The van der Waals surface area contributed by atoms with Gasteiger partial charge in [0.1, 0.15) is 0 Å². The van der Waals surface area contributed by atoms with Crippen LogP contribution in [0.25, 0.3) is 27.3 Å². The van der Waals surface area contributed by atoms with Crippen LogP contribution < -0.4 is 0 Å². The molecule has 4 heteroatoms. The van der Waals surface area contributed by atoms with Gasteiger partial charge in [0.05, 0.1) is 5.65 Å². The van der Waals surface area contributed by atoms with Gasteiger partial charge in [-0.05, 0) is 22.9 Å². The van der Waals surface area contributed by atoms with Crippen molar-refractivity contribution in [1.82, 2.24) is 9.38 Å². The minimum atomic E-state index is 0. The van der Waals surface area contributed by atoms with Crippen molar-refractivity contribution < 1.29 is 53.8 Å². The van der Waals surface area contributed by atoms with E-state index < -0.39 is 0 Å². The zero-order valence-electron chi connectivity index (χ0n) is 13.5. The summed E-state index contributed by atoms with van der Waals surface area (Å²) in [6.45, 7) is 4.45. The van der Waals surface area contributed by atoms with Crippen molar-refractivity contribution in [3.63, 3.8) is 0 Å². The Labute approximate surface area is 176 Å². The first-order valence-electron chi connectivity index (χ1n) is 6.95. The molecule has 23 heavy (non-hydrogen) atoms. The summed E-state index contributed by atoms with van der Waals surface area (Å²) in [6.07, 6.45) is 3.87. The molecule has 0 N–H and O–H groups in total. The van der Waals surface area contributed by atoms with Crippen molar-refractivity contribution in [2.24, 2.45) is 0 Å². The normalized spacial score (nSPS) is 10.4. The Morgan fingerprint density at radius 3 is 2.65 bits per heavy atom. The molecule has 0 bridgehead atoms. The Kier molecular flexibility index (Phi) is 7.14. The summed E-state index contributed by atoms with van der Waals surface area (Å²) in [6, 6.07) is 16.2. The quantitative estimate of drug-likeness (QED) is 0.237. The zero-order chi connectivity index (χ0) is 13.7. The van der Waals surface area contributed by atoms with Crippen molar-refractivity contribution >= 4 is 27.3 Å². The minimum Gasteiger partial charge on any atom is -0.358 e. The minimum absolute atomic E-state index is 0. The third-order valence-electron chi connectivity index (χ3n) is 3.96. The molecule has 0 fully saturated rings. The largest absolute Gasteiger partial charge is 2.00 e. The Morgan fingerprint density at radius 1 is 1.13 bits per heavy atom. The Balaban J connectivity index is 0.000000882. The van der Waals surface area contributed by atoms with E-state index in [1.165, 1.54) is 21.9 Å². The van der Waals surface area contributed by atoms with Gasteiger partial charge in [-0.25, -0.2) is 0 Å². The summed E-state index contributed by atoms with van der Waals surface area (Å²) < 4.78 is 2.15. The van der Waals surface area contributed by atoms with E-state index in [1.807, 2.05) is 24.5 Å². The van der Waals surface area contributed by atoms with Crippen LogP contribution in [-0.4, -0.2) is 9.38 Å². The number of nitrogens with zero attached hydrogens (tertiary/aromatic N) is 2. The summed E-state index contributed by atoms with van der Waals surface area (Å²) in [5.74, 6) is 0.528. The number of pyridine rings is 1. The Hall–Kier alpha value is -0.558. The van der Waals surface area contributed by atoms with Crippen LogP contribution in [0.5, 0.6) is 0 Å². The number of fused-ring (bicyclic) bond motifs is 6. The first kappa shape index (κ1) is 20.5. The van der Waals surface area contributed by atoms with E-state index in [1.54, 1.807) is 0 Å². The SMILES string of the molecule is CC(C)c1ccc2c(c1)c1ccc[c-]c1c1nccn21.[CH3-].[Pt+2].[Y]. The average Bonchev–Trinajstić information content (AvgIpc) is 2.96. The standard InChI is InChI=1S/C18H15N2.CH3.Pt.Y/c1-12(2)13-7-8-17-16(11-13)14-5-3-4-6-15(14)18-19-9-10-20(17)18;;;/h3-5,7-12H,1-2H3;1H3;;/q2*-1;+2;. The molecule has 0 saturated carbocycles. The van der Waals surface area contributed by atoms with E-state index in [0.29, 0.717) is 5.92 Å². The van der Waals surface area contributed by atoms with Crippen LogP contribution in [0.3, 0.4) is 0 Å². The van der Waals surface area contributed by atoms with Crippen LogP contribution in [0, 0.1) is 13.5 Å². The predicted octanol–water partition coefficient (Wildman–Crippen LogP) is 5.01. The van der Waals surface area contributed by atoms with Gasteiger partial charge in [-0.3, -0.25) is 4.98 Å². The van der Waals surface area contributed by atoms with Gasteiger partial charge in [0.25, 0.3) is 0 Å². The summed E-state index contributed by atoms with van der Waals surface area (Å²) in [4.78, 5) is 4.49. The van der Waals surface area contributed by atoms with E-state index in [0.717, 1.165) is 11.0 Å². The molecule has 117 valence electrons. The predicted molar refractivity (Wildman–Crippen MR) is 89.5 cm³/mol. The second kappa shape index (κ2) is 8.01. The molecular weight excluding hydrogens is 540 g/mol. The molecule has 0 aliphatic rings. The summed E-state index contributed by atoms with van der Waals surface area (Å²) in [7, 11) is 0. The molecule has 0 atom stereocenters. The van der Waals surface area contributed by atoms with Crippen LogP contribution >= 0.6 is 0 Å². The molecule has 0 aliphatic heterocycles. The number of imidazole rings is 1. The molecule has 2 aromatic heterocycles. The van der Waals surface area contributed by atoms with Gasteiger partial charge >= 0.3 is 21.1 Å². The Bertz CT molecular complexity index is 944. The molecule has 0 amide bonds. The number of benzene rings is 2. The van der Waals surface area contributed by atoms with Gasteiger partial charge in [0.15, 0.2) is 0 Å². The summed E-state index contributed by atoms with van der Waals surface area (Å²) in [5.41, 5.74) is 3.54. The molecule has 4 aromatic rings. The maximum Gasteiger partial charge on any atom is 2.00 e. The van der Waals surface area contributed by atoms with Crippen LogP contribution in [0.1, 0.15) is 25.3 Å². The maximum absolute atomic E-state index is 4.49. The third kappa shape index (κ3) is 3.32. The summed E-state index contributed by atoms with van der Waals surface area (Å²) in [5, 5.41) is 3.59. The van der Waals surface area contributed by atoms with E-state index >= 15 is 0 Å². The number of hydrogen-bond acceptors (Lipinski definition) is 1. The molecular formula is C19H18N2PtY. The van der Waals surface area contributed by atoms with Crippen molar-refractivity contribution in [1.29, 1.82) is 0 Å². The van der Waals surface area contributed by atoms with E-state index in [9.17, 15) is 0 Å². The first-order chi connectivity index (χ1) is 9.75. The van der Waals surface area contributed by atoms with Crippen LogP contribution in [0.4, 0.5) is 0 Å².